The minimum Gasteiger partial charge on any atom is -0.384 e. The van der Waals surface area contributed by atoms with Crippen molar-refractivity contribution in [3.63, 3.8) is 0 Å². The van der Waals surface area contributed by atoms with Crippen LogP contribution in [0.4, 0.5) is 0 Å². The van der Waals surface area contributed by atoms with Gasteiger partial charge in [-0.3, -0.25) is 0 Å². The maximum atomic E-state index is 10.2. The highest BCUT2D eigenvalue weighted by molar-refractivity contribution is 5.22. The summed E-state index contributed by atoms with van der Waals surface area (Å²) < 4.78 is 10.7. The van der Waals surface area contributed by atoms with Gasteiger partial charge in [0.05, 0.1) is 25.2 Å². The third-order valence-corrected chi connectivity index (χ3v) is 3.40. The number of rotatable bonds is 1. The fraction of sp³-hybridized carbons (Fsp3) is 0.500. The van der Waals surface area contributed by atoms with E-state index >= 15 is 0 Å². The first-order chi connectivity index (χ1) is 7.71. The van der Waals surface area contributed by atoms with Gasteiger partial charge in [-0.15, -0.1) is 0 Å². The molecule has 0 aromatic heterocycles. The number of aliphatic hydroxyl groups is 2. The zero-order chi connectivity index (χ0) is 11.2. The summed E-state index contributed by atoms with van der Waals surface area (Å²) >= 11 is 0. The first-order valence-electron chi connectivity index (χ1n) is 5.39. The van der Waals surface area contributed by atoms with Crippen LogP contribution in [-0.2, 0) is 9.47 Å². The minimum atomic E-state index is -1.04. The Morgan fingerprint density at radius 3 is 2.56 bits per heavy atom. The largest absolute Gasteiger partial charge is 0.384 e. The van der Waals surface area contributed by atoms with Crippen molar-refractivity contribution in [2.24, 2.45) is 5.92 Å². The monoisotopic (exact) mass is 222 g/mol. The smallest absolute Gasteiger partial charge is 0.163 e. The summed E-state index contributed by atoms with van der Waals surface area (Å²) in [7, 11) is 0. The summed E-state index contributed by atoms with van der Waals surface area (Å²) in [4.78, 5) is 0. The zero-order valence-corrected chi connectivity index (χ0v) is 8.74. The number of fused-ring (bicyclic) bond motifs is 1. The molecule has 2 fully saturated rings. The van der Waals surface area contributed by atoms with Gasteiger partial charge in [-0.25, -0.2) is 0 Å². The molecule has 2 saturated heterocycles. The van der Waals surface area contributed by atoms with E-state index in [0.717, 1.165) is 5.56 Å². The van der Waals surface area contributed by atoms with Gasteiger partial charge >= 0.3 is 0 Å². The highest BCUT2D eigenvalue weighted by atomic mass is 16.6. The van der Waals surface area contributed by atoms with E-state index in [4.69, 9.17) is 9.47 Å². The molecule has 16 heavy (non-hydrogen) atoms. The molecule has 1 aromatic rings. The van der Waals surface area contributed by atoms with Crippen molar-refractivity contribution in [1.29, 1.82) is 0 Å². The SMILES string of the molecule is O[C@@H]1OC[C@@]2(O)CO[C@H](c3ccccc3)[C@@H]12. The lowest BCUT2D eigenvalue weighted by molar-refractivity contribution is -0.109. The second-order valence-corrected chi connectivity index (χ2v) is 4.47. The fourth-order valence-electron chi connectivity index (χ4n) is 2.55. The van der Waals surface area contributed by atoms with E-state index in [-0.39, 0.29) is 19.3 Å². The van der Waals surface area contributed by atoms with Crippen molar-refractivity contribution in [3.8, 4) is 0 Å². The molecule has 4 atom stereocenters. The lowest BCUT2D eigenvalue weighted by Crippen LogP contribution is -2.38. The van der Waals surface area contributed by atoms with Crippen molar-refractivity contribution < 1.29 is 19.7 Å². The molecule has 0 saturated carbocycles. The molecule has 4 nitrogen and oxygen atoms in total. The van der Waals surface area contributed by atoms with E-state index in [2.05, 4.69) is 0 Å². The molecule has 4 heteroatoms. The topological polar surface area (TPSA) is 58.9 Å². The molecule has 2 aliphatic heterocycles. The molecular formula is C12H14O4. The summed E-state index contributed by atoms with van der Waals surface area (Å²) in [5.74, 6) is -0.394. The summed E-state index contributed by atoms with van der Waals surface area (Å²) in [6.45, 7) is 0.358. The molecule has 0 unspecified atom stereocenters. The summed E-state index contributed by atoms with van der Waals surface area (Å²) in [5, 5.41) is 20.0. The highest BCUT2D eigenvalue weighted by Gasteiger charge is 2.57. The molecule has 0 bridgehead atoms. The van der Waals surface area contributed by atoms with Gasteiger partial charge < -0.3 is 19.7 Å². The van der Waals surface area contributed by atoms with Crippen molar-refractivity contribution >= 4 is 0 Å². The van der Waals surface area contributed by atoms with Crippen LogP contribution in [0.3, 0.4) is 0 Å². The van der Waals surface area contributed by atoms with Crippen LogP contribution in [0.5, 0.6) is 0 Å². The first-order valence-corrected chi connectivity index (χ1v) is 5.39. The summed E-state index contributed by atoms with van der Waals surface area (Å²) in [6.07, 6.45) is -1.23. The van der Waals surface area contributed by atoms with Crippen LogP contribution >= 0.6 is 0 Å². The number of hydrogen-bond acceptors (Lipinski definition) is 4. The van der Waals surface area contributed by atoms with Crippen LogP contribution in [0.2, 0.25) is 0 Å². The average Bonchev–Trinajstić information content (AvgIpc) is 2.78. The Morgan fingerprint density at radius 1 is 1.12 bits per heavy atom. The first kappa shape index (κ1) is 10.2. The lowest BCUT2D eigenvalue weighted by Gasteiger charge is -2.22. The summed E-state index contributed by atoms with van der Waals surface area (Å²) in [5.41, 5.74) is -0.0760. The second-order valence-electron chi connectivity index (χ2n) is 4.47. The Hall–Kier alpha value is -0.940. The van der Waals surface area contributed by atoms with Crippen LogP contribution in [-0.4, -0.2) is 35.3 Å². The molecule has 0 spiro atoms. The molecule has 1 aromatic carbocycles. The molecule has 2 heterocycles. The number of hydrogen-bond donors (Lipinski definition) is 2. The van der Waals surface area contributed by atoms with Crippen LogP contribution in [0.25, 0.3) is 0 Å². The Labute approximate surface area is 93.4 Å². The predicted molar refractivity (Wildman–Crippen MR) is 55.5 cm³/mol. The molecule has 0 aliphatic carbocycles. The van der Waals surface area contributed by atoms with Crippen molar-refractivity contribution in [3.05, 3.63) is 35.9 Å². The fourth-order valence-corrected chi connectivity index (χ4v) is 2.55. The molecule has 3 rings (SSSR count). The van der Waals surface area contributed by atoms with Gasteiger partial charge in [0.1, 0.15) is 5.60 Å². The minimum absolute atomic E-state index is 0.141. The van der Waals surface area contributed by atoms with E-state index in [1.165, 1.54) is 0 Å². The molecule has 0 radical (unpaired) electrons. The third kappa shape index (κ3) is 1.38. The Bertz CT molecular complexity index is 380. The van der Waals surface area contributed by atoms with Gasteiger partial charge in [-0.2, -0.15) is 0 Å². The van der Waals surface area contributed by atoms with Crippen LogP contribution in [0.1, 0.15) is 11.7 Å². The Kier molecular flexibility index (Phi) is 2.26. The van der Waals surface area contributed by atoms with Gasteiger partial charge in [0.2, 0.25) is 0 Å². The van der Waals surface area contributed by atoms with Crippen LogP contribution < -0.4 is 0 Å². The average molecular weight is 222 g/mol. The maximum Gasteiger partial charge on any atom is 0.163 e. The van der Waals surface area contributed by atoms with Gasteiger partial charge in [0, 0.05) is 0 Å². The van der Waals surface area contributed by atoms with Gasteiger partial charge in [0.15, 0.2) is 6.29 Å². The Morgan fingerprint density at radius 2 is 1.81 bits per heavy atom. The second kappa shape index (κ2) is 3.53. The van der Waals surface area contributed by atoms with E-state index in [0.29, 0.717) is 0 Å². The van der Waals surface area contributed by atoms with Gasteiger partial charge in [0.25, 0.3) is 0 Å². The third-order valence-electron chi connectivity index (χ3n) is 3.40. The van der Waals surface area contributed by atoms with E-state index in [1.807, 2.05) is 30.3 Å². The molecule has 86 valence electrons. The zero-order valence-electron chi connectivity index (χ0n) is 8.74. The highest BCUT2D eigenvalue weighted by Crippen LogP contribution is 2.46. The number of ether oxygens (including phenoxy) is 2. The van der Waals surface area contributed by atoms with Crippen molar-refractivity contribution in [2.45, 2.75) is 18.0 Å². The van der Waals surface area contributed by atoms with E-state index in [9.17, 15) is 10.2 Å². The van der Waals surface area contributed by atoms with E-state index < -0.39 is 17.8 Å². The Balaban J connectivity index is 1.94. The van der Waals surface area contributed by atoms with Crippen LogP contribution in [0.15, 0.2) is 30.3 Å². The van der Waals surface area contributed by atoms with Gasteiger partial charge in [-0.05, 0) is 5.56 Å². The summed E-state index contributed by atoms with van der Waals surface area (Å²) in [6, 6.07) is 9.62. The normalized spacial score (nSPS) is 42.2. The quantitative estimate of drug-likeness (QED) is 0.724. The molecular weight excluding hydrogens is 208 g/mol. The predicted octanol–water partition coefficient (Wildman–Crippen LogP) is 0.454. The van der Waals surface area contributed by atoms with Gasteiger partial charge in [-0.1, -0.05) is 30.3 Å². The molecule has 2 N–H and O–H groups in total. The van der Waals surface area contributed by atoms with E-state index in [1.54, 1.807) is 0 Å². The van der Waals surface area contributed by atoms with Crippen LogP contribution in [0, 0.1) is 5.92 Å². The lowest BCUT2D eigenvalue weighted by atomic mass is 9.86. The standard InChI is InChI=1S/C12H14O4/c13-11-9-10(8-4-2-1-3-5-8)15-6-12(9,14)7-16-11/h1-5,9-11,13-14H,6-7H2/t9-,10+,11+,12-/m0/s1. The molecule has 0 amide bonds. The maximum absolute atomic E-state index is 10.2. The van der Waals surface area contributed by atoms with Crippen molar-refractivity contribution in [1.82, 2.24) is 0 Å². The molecule has 2 aliphatic rings. The number of benzene rings is 1. The number of aliphatic hydroxyl groups excluding tert-OH is 1. The van der Waals surface area contributed by atoms with Crippen molar-refractivity contribution in [2.75, 3.05) is 13.2 Å².